The number of hydrogen-bond donors (Lipinski definition) is 1. The number of aliphatic imine (C=N–C) groups is 1. The van der Waals surface area contributed by atoms with Gasteiger partial charge in [0.2, 0.25) is 9.84 Å². The number of ether oxygens (including phenoxy) is 2. The first-order chi connectivity index (χ1) is 16.4. The number of benzene rings is 2. The van der Waals surface area contributed by atoms with Gasteiger partial charge in [-0.3, -0.25) is 5.32 Å². The number of carbonyl (C=O) groups excluding carboxylic acids is 1. The van der Waals surface area contributed by atoms with Crippen LogP contribution in [0.5, 0.6) is 5.75 Å². The molecule has 1 amide bonds. The quantitative estimate of drug-likeness (QED) is 0.196. The molecule has 0 saturated carbocycles. The van der Waals surface area contributed by atoms with E-state index in [9.17, 15) is 13.2 Å². The third kappa shape index (κ3) is 6.78. The summed E-state index contributed by atoms with van der Waals surface area (Å²) in [5, 5.41) is 3.33. The molecule has 186 valence electrons. The molecular weight excluding hydrogens is 528 g/mol. The highest BCUT2D eigenvalue weighted by Gasteiger charge is 2.26. The van der Waals surface area contributed by atoms with E-state index in [2.05, 4.69) is 10.3 Å². The summed E-state index contributed by atoms with van der Waals surface area (Å²) in [7, 11) is -2.44. The van der Waals surface area contributed by atoms with Crippen LogP contribution in [0, 0.1) is 0 Å². The minimum atomic E-state index is -3.92. The van der Waals surface area contributed by atoms with Gasteiger partial charge < -0.3 is 9.47 Å². The van der Waals surface area contributed by atoms with Crippen molar-refractivity contribution in [1.82, 2.24) is 5.32 Å². The number of amides is 1. The molecule has 1 N–H and O–H groups in total. The fourth-order valence-electron chi connectivity index (χ4n) is 3.02. The molecular formula is C24H25ClN2O5S3. The SMILES string of the molecule is COc1cc(-c2ccccc2Cl)cc(S(=O)(=O)c2cc(N=CNC(=O)OC(C)(C)C)sc2SC)c1. The molecule has 0 bridgehead atoms. The van der Waals surface area contributed by atoms with Crippen molar-refractivity contribution in [2.75, 3.05) is 13.4 Å². The minimum absolute atomic E-state index is 0.0716. The molecule has 2 aromatic carbocycles. The average Bonchev–Trinajstić information content (AvgIpc) is 3.22. The first-order valence-electron chi connectivity index (χ1n) is 10.3. The van der Waals surface area contributed by atoms with E-state index in [4.69, 9.17) is 21.1 Å². The van der Waals surface area contributed by atoms with E-state index in [1.54, 1.807) is 51.3 Å². The van der Waals surface area contributed by atoms with E-state index in [0.717, 1.165) is 0 Å². The Kier molecular flexibility index (Phi) is 8.53. The van der Waals surface area contributed by atoms with Crippen molar-refractivity contribution in [3.8, 4) is 16.9 Å². The van der Waals surface area contributed by atoms with Crippen LogP contribution in [0.15, 0.2) is 67.5 Å². The van der Waals surface area contributed by atoms with Gasteiger partial charge in [0.05, 0.1) is 27.4 Å². The van der Waals surface area contributed by atoms with Gasteiger partial charge in [0, 0.05) is 10.6 Å². The van der Waals surface area contributed by atoms with Gasteiger partial charge in [0.1, 0.15) is 16.4 Å². The largest absolute Gasteiger partial charge is 0.497 e. The fourth-order valence-corrected chi connectivity index (χ4v) is 7.15. The van der Waals surface area contributed by atoms with E-state index < -0.39 is 21.5 Å². The first-order valence-corrected chi connectivity index (χ1v) is 14.2. The summed E-state index contributed by atoms with van der Waals surface area (Å²) in [6.45, 7) is 5.25. The summed E-state index contributed by atoms with van der Waals surface area (Å²) in [5.74, 6) is 0.390. The second-order valence-electron chi connectivity index (χ2n) is 8.23. The number of methoxy groups -OCH3 is 1. The van der Waals surface area contributed by atoms with Gasteiger partial charge in [-0.1, -0.05) is 29.8 Å². The summed E-state index contributed by atoms with van der Waals surface area (Å²) in [6.07, 6.45) is 2.32. The van der Waals surface area contributed by atoms with Crippen molar-refractivity contribution in [1.29, 1.82) is 0 Å². The highest BCUT2D eigenvalue weighted by molar-refractivity contribution is 8.01. The number of rotatable bonds is 7. The summed E-state index contributed by atoms with van der Waals surface area (Å²) in [5.41, 5.74) is 0.668. The van der Waals surface area contributed by atoms with Gasteiger partial charge in [-0.2, -0.15) is 0 Å². The summed E-state index contributed by atoms with van der Waals surface area (Å²) in [4.78, 5) is 16.2. The monoisotopic (exact) mass is 552 g/mol. The maximum atomic E-state index is 13.7. The first kappa shape index (κ1) is 27.1. The molecule has 3 aromatic rings. The predicted molar refractivity (Wildman–Crippen MR) is 143 cm³/mol. The lowest BCUT2D eigenvalue weighted by molar-refractivity contribution is 0.0565. The molecule has 0 aliphatic heterocycles. The maximum absolute atomic E-state index is 13.7. The molecule has 0 fully saturated rings. The minimum Gasteiger partial charge on any atom is -0.497 e. The molecule has 3 rings (SSSR count). The molecule has 1 heterocycles. The molecule has 11 heteroatoms. The van der Waals surface area contributed by atoms with Crippen molar-refractivity contribution < 1.29 is 22.7 Å². The molecule has 0 spiro atoms. The number of nitrogens with zero attached hydrogens (tertiary/aromatic N) is 1. The van der Waals surface area contributed by atoms with Crippen LogP contribution in [0.1, 0.15) is 20.8 Å². The molecule has 35 heavy (non-hydrogen) atoms. The summed E-state index contributed by atoms with van der Waals surface area (Å²) >= 11 is 8.85. The Morgan fingerprint density at radius 1 is 1.17 bits per heavy atom. The van der Waals surface area contributed by atoms with Crippen molar-refractivity contribution in [2.24, 2.45) is 4.99 Å². The van der Waals surface area contributed by atoms with Gasteiger partial charge in [-0.25, -0.2) is 18.2 Å². The van der Waals surface area contributed by atoms with Crippen LogP contribution in [-0.2, 0) is 14.6 Å². The zero-order chi connectivity index (χ0) is 25.8. The molecule has 7 nitrogen and oxygen atoms in total. The second kappa shape index (κ2) is 11.0. The van der Waals surface area contributed by atoms with Crippen molar-refractivity contribution in [3.63, 3.8) is 0 Å². The normalized spacial score (nSPS) is 12.1. The van der Waals surface area contributed by atoms with Crippen LogP contribution in [0.4, 0.5) is 9.80 Å². The number of carbonyl (C=O) groups is 1. The molecule has 0 saturated heterocycles. The lowest BCUT2D eigenvalue weighted by atomic mass is 10.1. The molecule has 1 aromatic heterocycles. The number of hydrogen-bond acceptors (Lipinski definition) is 8. The molecule has 0 unspecified atom stereocenters. The second-order valence-corrected chi connectivity index (χ2v) is 12.7. The average molecular weight is 553 g/mol. The number of alkyl carbamates (subject to hydrolysis) is 1. The number of nitrogens with one attached hydrogen (secondary N) is 1. The van der Waals surface area contributed by atoms with Crippen molar-refractivity contribution >= 4 is 62.0 Å². The smallest absolute Gasteiger partial charge is 0.412 e. The fraction of sp³-hybridized carbons (Fsp3) is 0.250. The van der Waals surface area contributed by atoms with Gasteiger partial charge in [-0.15, -0.1) is 23.1 Å². The van der Waals surface area contributed by atoms with Crippen molar-refractivity contribution in [3.05, 3.63) is 53.6 Å². The molecule has 0 aliphatic rings. The Hall–Kier alpha value is -2.53. The van der Waals surface area contributed by atoms with E-state index in [1.165, 1.54) is 48.7 Å². The molecule has 0 aliphatic carbocycles. The number of thioether (sulfide) groups is 1. The Balaban J connectivity index is 1.97. The van der Waals surface area contributed by atoms with Crippen LogP contribution in [0.2, 0.25) is 5.02 Å². The van der Waals surface area contributed by atoms with Gasteiger partial charge in [0.15, 0.2) is 0 Å². The third-order valence-electron chi connectivity index (χ3n) is 4.51. The summed E-state index contributed by atoms with van der Waals surface area (Å²) in [6, 6.07) is 13.5. The highest BCUT2D eigenvalue weighted by Crippen LogP contribution is 2.42. The number of halogens is 1. The van der Waals surface area contributed by atoms with Crippen LogP contribution < -0.4 is 10.1 Å². The van der Waals surface area contributed by atoms with E-state index in [1.807, 2.05) is 12.1 Å². The van der Waals surface area contributed by atoms with Crippen LogP contribution in [0.25, 0.3) is 11.1 Å². The zero-order valence-corrected chi connectivity index (χ0v) is 23.0. The van der Waals surface area contributed by atoms with Crippen LogP contribution in [0.3, 0.4) is 0 Å². The number of thiophene rings is 1. The Bertz CT molecular complexity index is 1360. The number of sulfone groups is 1. The van der Waals surface area contributed by atoms with Crippen molar-refractivity contribution in [2.45, 2.75) is 40.4 Å². The van der Waals surface area contributed by atoms with Crippen LogP contribution >= 0.6 is 34.7 Å². The maximum Gasteiger partial charge on any atom is 0.412 e. The lowest BCUT2D eigenvalue weighted by Gasteiger charge is -2.18. The highest BCUT2D eigenvalue weighted by atomic mass is 35.5. The van der Waals surface area contributed by atoms with Gasteiger partial charge in [0.25, 0.3) is 0 Å². The van der Waals surface area contributed by atoms with E-state index in [0.29, 0.717) is 31.1 Å². The third-order valence-corrected chi connectivity index (χ3v) is 9.04. The van der Waals surface area contributed by atoms with Gasteiger partial charge in [-0.05, 0) is 62.9 Å². The lowest BCUT2D eigenvalue weighted by Crippen LogP contribution is -2.31. The Morgan fingerprint density at radius 2 is 1.89 bits per heavy atom. The summed E-state index contributed by atoms with van der Waals surface area (Å²) < 4.78 is 38.4. The predicted octanol–water partition coefficient (Wildman–Crippen LogP) is 6.82. The molecule has 0 radical (unpaired) electrons. The van der Waals surface area contributed by atoms with E-state index >= 15 is 0 Å². The Morgan fingerprint density at radius 3 is 2.51 bits per heavy atom. The standard InChI is InChI=1S/C24H25ClN2O5S3/c1-24(2,3)32-23(28)27-14-26-21-13-20(22(33-5)34-21)35(29,30)17-11-15(10-16(12-17)31-4)18-8-6-7-9-19(18)25/h6-14H,1-5H3,(H,26,27,28). The van der Waals surface area contributed by atoms with Gasteiger partial charge >= 0.3 is 6.09 Å². The molecule has 0 atom stereocenters. The Labute approximate surface area is 218 Å². The van der Waals surface area contributed by atoms with E-state index in [-0.39, 0.29) is 9.79 Å². The van der Waals surface area contributed by atoms with Crippen LogP contribution in [-0.4, -0.2) is 39.8 Å². The topological polar surface area (TPSA) is 94.1 Å². The zero-order valence-electron chi connectivity index (χ0n) is 19.8.